The molecule has 1 aromatic rings. The first-order valence-electron chi connectivity index (χ1n) is 6.17. The molecule has 106 valence electrons. The van der Waals surface area contributed by atoms with Crippen molar-refractivity contribution >= 4 is 11.7 Å². The maximum absolute atomic E-state index is 13.9. The van der Waals surface area contributed by atoms with Crippen LogP contribution >= 0.6 is 0 Å². The fraction of sp³-hybridized carbons (Fsp3) is 0.500. The van der Waals surface area contributed by atoms with Crippen molar-refractivity contribution in [1.82, 2.24) is 0 Å². The average Bonchev–Trinajstić information content (AvgIpc) is 2.34. The fourth-order valence-electron chi connectivity index (χ4n) is 1.97. The van der Waals surface area contributed by atoms with Crippen LogP contribution in [0.3, 0.4) is 0 Å². The Morgan fingerprint density at radius 2 is 1.95 bits per heavy atom. The summed E-state index contributed by atoms with van der Waals surface area (Å²) >= 11 is 0. The zero-order valence-electron chi connectivity index (χ0n) is 11.6. The lowest BCUT2D eigenvalue weighted by molar-refractivity contribution is 0.0594. The molecule has 3 nitrogen and oxygen atoms in total. The molecule has 0 heterocycles. The molecule has 1 aromatic carbocycles. The van der Waals surface area contributed by atoms with Gasteiger partial charge in [-0.2, -0.15) is 0 Å². The highest BCUT2D eigenvalue weighted by molar-refractivity contribution is 5.90. The summed E-state index contributed by atoms with van der Waals surface area (Å²) in [5, 5.41) is 2.95. The lowest BCUT2D eigenvalue weighted by atomic mass is 9.98. The summed E-state index contributed by atoms with van der Waals surface area (Å²) in [5.74, 6) is -3.15. The van der Waals surface area contributed by atoms with Crippen LogP contribution in [0.5, 0.6) is 0 Å². The predicted molar refractivity (Wildman–Crippen MR) is 70.3 cm³/mol. The Labute approximate surface area is 112 Å². The predicted octanol–water partition coefficient (Wildman–Crippen LogP) is 3.74. The van der Waals surface area contributed by atoms with E-state index in [4.69, 9.17) is 0 Å². The third-order valence-corrected chi connectivity index (χ3v) is 2.84. The molecule has 0 aliphatic heterocycles. The van der Waals surface area contributed by atoms with Crippen molar-refractivity contribution in [2.45, 2.75) is 39.2 Å². The highest BCUT2D eigenvalue weighted by atomic mass is 19.2. The van der Waals surface area contributed by atoms with Gasteiger partial charge >= 0.3 is 5.97 Å². The molecule has 19 heavy (non-hydrogen) atoms. The standard InChI is InChI=1S/C14H19F2NO2/c1-5-8-14(2,3)17-10-7-6-9(13(18)19-4)11(15)12(10)16/h6-7,17H,5,8H2,1-4H3. The monoisotopic (exact) mass is 271 g/mol. The van der Waals surface area contributed by atoms with Crippen LogP contribution in [0.1, 0.15) is 44.0 Å². The minimum Gasteiger partial charge on any atom is -0.465 e. The molecule has 0 bridgehead atoms. The number of methoxy groups -OCH3 is 1. The van der Waals surface area contributed by atoms with Gasteiger partial charge in [0.15, 0.2) is 11.6 Å². The van der Waals surface area contributed by atoms with Crippen LogP contribution in [-0.2, 0) is 4.74 Å². The van der Waals surface area contributed by atoms with E-state index in [0.29, 0.717) is 0 Å². The molecule has 1 rings (SSSR count). The Bertz CT molecular complexity index is 473. The Morgan fingerprint density at radius 3 is 2.47 bits per heavy atom. The smallest absolute Gasteiger partial charge is 0.340 e. The number of anilines is 1. The number of carbonyl (C=O) groups is 1. The van der Waals surface area contributed by atoms with Gasteiger partial charge in [-0.15, -0.1) is 0 Å². The van der Waals surface area contributed by atoms with E-state index in [2.05, 4.69) is 10.1 Å². The van der Waals surface area contributed by atoms with E-state index >= 15 is 0 Å². The minimum atomic E-state index is -1.19. The molecule has 0 atom stereocenters. The van der Waals surface area contributed by atoms with E-state index in [9.17, 15) is 13.6 Å². The number of nitrogens with one attached hydrogen (secondary N) is 1. The van der Waals surface area contributed by atoms with E-state index in [-0.39, 0.29) is 11.2 Å². The van der Waals surface area contributed by atoms with Crippen LogP contribution in [0.2, 0.25) is 0 Å². The number of carbonyl (C=O) groups excluding carboxylic acids is 1. The summed E-state index contributed by atoms with van der Waals surface area (Å²) in [6.07, 6.45) is 1.73. The molecule has 0 aromatic heterocycles. The van der Waals surface area contributed by atoms with E-state index < -0.39 is 23.2 Å². The zero-order chi connectivity index (χ0) is 14.6. The van der Waals surface area contributed by atoms with E-state index in [1.165, 1.54) is 12.1 Å². The maximum atomic E-state index is 13.9. The SMILES string of the molecule is CCCC(C)(C)Nc1ccc(C(=O)OC)c(F)c1F. The Balaban J connectivity index is 3.06. The van der Waals surface area contributed by atoms with Crippen LogP contribution in [0.25, 0.3) is 0 Å². The minimum absolute atomic E-state index is 0.0450. The van der Waals surface area contributed by atoms with Crippen LogP contribution < -0.4 is 5.32 Å². The van der Waals surface area contributed by atoms with Crippen LogP contribution in [0.15, 0.2) is 12.1 Å². The second-order valence-corrected chi connectivity index (χ2v) is 5.04. The van der Waals surface area contributed by atoms with Gasteiger partial charge in [0, 0.05) is 5.54 Å². The van der Waals surface area contributed by atoms with E-state index in [1.54, 1.807) is 0 Å². The van der Waals surface area contributed by atoms with Crippen molar-refractivity contribution in [2.75, 3.05) is 12.4 Å². The third kappa shape index (κ3) is 3.66. The summed E-state index contributed by atoms with van der Waals surface area (Å²) in [6, 6.07) is 2.57. The van der Waals surface area contributed by atoms with Gasteiger partial charge in [-0.1, -0.05) is 13.3 Å². The Kier molecular flexibility index (Phi) is 4.86. The number of benzene rings is 1. The molecule has 0 aliphatic rings. The first-order valence-corrected chi connectivity index (χ1v) is 6.17. The third-order valence-electron chi connectivity index (χ3n) is 2.84. The maximum Gasteiger partial charge on any atom is 0.340 e. The first kappa shape index (κ1) is 15.4. The van der Waals surface area contributed by atoms with Gasteiger partial charge in [0.05, 0.1) is 18.4 Å². The molecule has 0 spiro atoms. The molecule has 0 fully saturated rings. The van der Waals surface area contributed by atoms with Crippen molar-refractivity contribution in [3.8, 4) is 0 Å². The van der Waals surface area contributed by atoms with Crippen LogP contribution in [0.4, 0.5) is 14.5 Å². The summed E-state index contributed by atoms with van der Waals surface area (Å²) in [7, 11) is 1.12. The molecule has 1 N–H and O–H groups in total. The average molecular weight is 271 g/mol. The largest absolute Gasteiger partial charge is 0.465 e. The van der Waals surface area contributed by atoms with Crippen molar-refractivity contribution in [3.05, 3.63) is 29.3 Å². The van der Waals surface area contributed by atoms with E-state index in [0.717, 1.165) is 20.0 Å². The molecule has 0 unspecified atom stereocenters. The van der Waals surface area contributed by atoms with Crippen molar-refractivity contribution in [1.29, 1.82) is 0 Å². The Hall–Kier alpha value is -1.65. The van der Waals surface area contributed by atoms with Gasteiger partial charge < -0.3 is 10.1 Å². The van der Waals surface area contributed by atoms with Gasteiger partial charge in [-0.05, 0) is 32.4 Å². The van der Waals surface area contributed by atoms with Crippen LogP contribution in [0, 0.1) is 11.6 Å². The fourth-order valence-corrected chi connectivity index (χ4v) is 1.97. The summed E-state index contributed by atoms with van der Waals surface area (Å²) < 4.78 is 32.0. The Morgan fingerprint density at radius 1 is 1.32 bits per heavy atom. The van der Waals surface area contributed by atoms with E-state index in [1.807, 2.05) is 20.8 Å². The molecule has 0 radical (unpaired) electrons. The molecule has 0 aliphatic carbocycles. The summed E-state index contributed by atoms with van der Waals surface area (Å²) in [5.41, 5.74) is -0.711. The highest BCUT2D eigenvalue weighted by Gasteiger charge is 2.23. The number of hydrogen-bond acceptors (Lipinski definition) is 3. The molecular weight excluding hydrogens is 252 g/mol. The van der Waals surface area contributed by atoms with Gasteiger partial charge in [-0.25, -0.2) is 13.6 Å². The number of ether oxygens (including phenoxy) is 1. The lowest BCUT2D eigenvalue weighted by Gasteiger charge is -2.27. The number of esters is 1. The topological polar surface area (TPSA) is 38.3 Å². The van der Waals surface area contributed by atoms with Crippen molar-refractivity contribution in [3.63, 3.8) is 0 Å². The van der Waals surface area contributed by atoms with Crippen LogP contribution in [-0.4, -0.2) is 18.6 Å². The van der Waals surface area contributed by atoms with Gasteiger partial charge in [-0.3, -0.25) is 0 Å². The molecular formula is C14H19F2NO2. The van der Waals surface area contributed by atoms with Crippen molar-refractivity contribution in [2.24, 2.45) is 0 Å². The quantitative estimate of drug-likeness (QED) is 0.829. The molecule has 0 amide bonds. The number of rotatable bonds is 5. The molecule has 0 saturated heterocycles. The van der Waals surface area contributed by atoms with Gasteiger partial charge in [0.2, 0.25) is 0 Å². The lowest BCUT2D eigenvalue weighted by Crippen LogP contribution is -2.31. The second kappa shape index (κ2) is 5.99. The van der Waals surface area contributed by atoms with Gasteiger partial charge in [0.25, 0.3) is 0 Å². The normalized spacial score (nSPS) is 11.3. The summed E-state index contributed by atoms with van der Waals surface area (Å²) in [6.45, 7) is 5.82. The molecule has 5 heteroatoms. The summed E-state index contributed by atoms with van der Waals surface area (Å²) in [4.78, 5) is 11.2. The highest BCUT2D eigenvalue weighted by Crippen LogP contribution is 2.25. The van der Waals surface area contributed by atoms with Gasteiger partial charge in [0.1, 0.15) is 0 Å². The zero-order valence-corrected chi connectivity index (χ0v) is 11.6. The first-order chi connectivity index (χ1) is 8.82. The number of halogens is 2. The number of hydrogen-bond donors (Lipinski definition) is 1. The second-order valence-electron chi connectivity index (χ2n) is 5.04. The molecule has 0 saturated carbocycles. The van der Waals surface area contributed by atoms with Crippen molar-refractivity contribution < 1.29 is 18.3 Å².